The molecule has 1 heterocycles. The van der Waals surface area contributed by atoms with Gasteiger partial charge >= 0.3 is 0 Å². The van der Waals surface area contributed by atoms with E-state index in [1.807, 2.05) is 0 Å². The normalized spacial score (nSPS) is 22.3. The minimum Gasteiger partial charge on any atom is -0.378 e. The Balaban J connectivity index is 2.22. The van der Waals surface area contributed by atoms with Crippen LogP contribution in [0.3, 0.4) is 0 Å². The lowest BCUT2D eigenvalue weighted by molar-refractivity contribution is 0.0975. The Bertz CT molecular complexity index is 204. The summed E-state index contributed by atoms with van der Waals surface area (Å²) >= 11 is 0. The van der Waals surface area contributed by atoms with Gasteiger partial charge in [0.05, 0.1) is 6.10 Å². The first-order chi connectivity index (χ1) is 8.54. The lowest BCUT2D eigenvalue weighted by Crippen LogP contribution is -2.32. The highest BCUT2D eigenvalue weighted by atomic mass is 16.5. The van der Waals surface area contributed by atoms with Crippen LogP contribution >= 0.6 is 0 Å². The summed E-state index contributed by atoms with van der Waals surface area (Å²) in [6, 6.07) is 0. The fraction of sp³-hybridized carbons (Fsp3) is 1.00. The van der Waals surface area contributed by atoms with Gasteiger partial charge in [0, 0.05) is 6.61 Å². The van der Waals surface area contributed by atoms with Gasteiger partial charge in [0.25, 0.3) is 0 Å². The van der Waals surface area contributed by atoms with Crippen LogP contribution in [0.4, 0.5) is 0 Å². The molecule has 2 unspecified atom stereocenters. The molecule has 0 aliphatic carbocycles. The quantitative estimate of drug-likeness (QED) is 0.662. The Kier molecular flexibility index (Phi) is 7.25. The molecule has 0 aromatic heterocycles. The van der Waals surface area contributed by atoms with Crippen LogP contribution in [0.1, 0.15) is 66.2 Å². The summed E-state index contributed by atoms with van der Waals surface area (Å²) in [7, 11) is 0. The summed E-state index contributed by atoms with van der Waals surface area (Å²) in [6.07, 6.45) is 8.27. The average molecular weight is 255 g/mol. The second-order valence-corrected chi connectivity index (χ2v) is 6.83. The van der Waals surface area contributed by atoms with E-state index in [0.29, 0.717) is 11.5 Å². The molecule has 2 nitrogen and oxygen atoms in total. The summed E-state index contributed by atoms with van der Waals surface area (Å²) in [5.74, 6) is 0.783. The maximum absolute atomic E-state index is 5.70. The number of rotatable bonds is 8. The zero-order valence-corrected chi connectivity index (χ0v) is 12.9. The fourth-order valence-electron chi connectivity index (χ4n) is 2.76. The molecule has 18 heavy (non-hydrogen) atoms. The predicted octanol–water partition coefficient (Wildman–Crippen LogP) is 4.00. The molecule has 0 aromatic carbocycles. The van der Waals surface area contributed by atoms with E-state index >= 15 is 0 Å². The number of hydrogen-bond acceptors (Lipinski definition) is 2. The molecular weight excluding hydrogens is 222 g/mol. The third-order valence-corrected chi connectivity index (χ3v) is 4.14. The van der Waals surface area contributed by atoms with Crippen molar-refractivity contribution in [3.8, 4) is 0 Å². The van der Waals surface area contributed by atoms with Crippen LogP contribution in [0.5, 0.6) is 0 Å². The average Bonchev–Trinajstić information content (AvgIpc) is 2.78. The summed E-state index contributed by atoms with van der Waals surface area (Å²) < 4.78 is 5.70. The Morgan fingerprint density at radius 3 is 2.67 bits per heavy atom. The van der Waals surface area contributed by atoms with E-state index < -0.39 is 0 Å². The van der Waals surface area contributed by atoms with E-state index in [1.165, 1.54) is 45.1 Å². The lowest BCUT2D eigenvalue weighted by Gasteiger charge is -2.31. The Hall–Kier alpha value is -0.0800. The molecule has 1 saturated heterocycles. The highest BCUT2D eigenvalue weighted by Gasteiger charge is 2.24. The van der Waals surface area contributed by atoms with Crippen LogP contribution in [0.25, 0.3) is 0 Å². The van der Waals surface area contributed by atoms with Gasteiger partial charge < -0.3 is 10.1 Å². The van der Waals surface area contributed by atoms with Crippen LogP contribution in [0.15, 0.2) is 0 Å². The van der Waals surface area contributed by atoms with Crippen molar-refractivity contribution in [3.63, 3.8) is 0 Å². The largest absolute Gasteiger partial charge is 0.378 e. The topological polar surface area (TPSA) is 21.3 Å². The molecule has 2 heteroatoms. The van der Waals surface area contributed by atoms with Crippen molar-refractivity contribution in [2.45, 2.75) is 72.3 Å². The Labute approximate surface area is 114 Å². The fourth-order valence-corrected chi connectivity index (χ4v) is 2.76. The first-order valence-electron chi connectivity index (χ1n) is 7.86. The van der Waals surface area contributed by atoms with Crippen molar-refractivity contribution in [1.82, 2.24) is 5.32 Å². The van der Waals surface area contributed by atoms with E-state index in [1.54, 1.807) is 0 Å². The first-order valence-corrected chi connectivity index (χ1v) is 7.86. The van der Waals surface area contributed by atoms with Crippen LogP contribution in [0.2, 0.25) is 0 Å². The minimum atomic E-state index is 0.414. The molecule has 108 valence electrons. The molecule has 2 atom stereocenters. The zero-order chi connectivity index (χ0) is 13.4. The van der Waals surface area contributed by atoms with E-state index in [4.69, 9.17) is 4.74 Å². The molecule has 0 saturated carbocycles. The molecule has 0 bridgehead atoms. The molecule has 1 aliphatic heterocycles. The molecule has 1 N–H and O–H groups in total. The Morgan fingerprint density at radius 1 is 1.33 bits per heavy atom. The predicted molar refractivity (Wildman–Crippen MR) is 78.9 cm³/mol. The summed E-state index contributed by atoms with van der Waals surface area (Å²) in [6.45, 7) is 12.7. The van der Waals surface area contributed by atoms with E-state index in [-0.39, 0.29) is 0 Å². The zero-order valence-electron chi connectivity index (χ0n) is 12.9. The van der Waals surface area contributed by atoms with E-state index in [2.05, 4.69) is 33.0 Å². The molecule has 0 aromatic rings. The number of ether oxygens (including phenoxy) is 1. The lowest BCUT2D eigenvalue weighted by atomic mass is 9.77. The van der Waals surface area contributed by atoms with E-state index in [0.717, 1.165) is 19.1 Å². The smallest absolute Gasteiger partial charge is 0.0576 e. The van der Waals surface area contributed by atoms with Crippen LogP contribution in [-0.4, -0.2) is 25.8 Å². The third kappa shape index (κ3) is 6.19. The van der Waals surface area contributed by atoms with Crippen molar-refractivity contribution in [2.75, 3.05) is 19.7 Å². The van der Waals surface area contributed by atoms with Crippen LogP contribution in [-0.2, 0) is 4.74 Å². The van der Waals surface area contributed by atoms with Gasteiger partial charge in [0.15, 0.2) is 0 Å². The highest BCUT2D eigenvalue weighted by Crippen LogP contribution is 2.30. The SMILES string of the molecule is CCCNCC(CCCC1CCCO1)C(C)(C)C. The van der Waals surface area contributed by atoms with Crippen molar-refractivity contribution >= 4 is 0 Å². The van der Waals surface area contributed by atoms with Crippen molar-refractivity contribution in [1.29, 1.82) is 0 Å². The van der Waals surface area contributed by atoms with Gasteiger partial charge in [-0.2, -0.15) is 0 Å². The molecule has 1 rings (SSSR count). The maximum Gasteiger partial charge on any atom is 0.0576 e. The monoisotopic (exact) mass is 255 g/mol. The van der Waals surface area contributed by atoms with Gasteiger partial charge in [-0.05, 0) is 56.5 Å². The third-order valence-electron chi connectivity index (χ3n) is 4.14. The molecule has 0 radical (unpaired) electrons. The molecular formula is C16H33NO. The van der Waals surface area contributed by atoms with Crippen LogP contribution in [0, 0.1) is 11.3 Å². The first kappa shape index (κ1) is 16.0. The number of nitrogens with one attached hydrogen (secondary N) is 1. The van der Waals surface area contributed by atoms with Crippen molar-refractivity contribution in [2.24, 2.45) is 11.3 Å². The highest BCUT2D eigenvalue weighted by molar-refractivity contribution is 4.77. The summed E-state index contributed by atoms with van der Waals surface area (Å²) in [5, 5.41) is 3.59. The van der Waals surface area contributed by atoms with E-state index in [9.17, 15) is 0 Å². The Morgan fingerprint density at radius 2 is 2.11 bits per heavy atom. The molecule has 0 spiro atoms. The second kappa shape index (κ2) is 8.16. The summed E-state index contributed by atoms with van der Waals surface area (Å²) in [4.78, 5) is 0. The van der Waals surface area contributed by atoms with Crippen molar-refractivity contribution < 1.29 is 4.74 Å². The van der Waals surface area contributed by atoms with Gasteiger partial charge in [0.2, 0.25) is 0 Å². The maximum atomic E-state index is 5.70. The summed E-state index contributed by atoms with van der Waals surface area (Å²) in [5.41, 5.74) is 0.414. The standard InChI is InChI=1S/C16H33NO/c1-5-11-17-13-14(16(2,3)4)8-6-9-15-10-7-12-18-15/h14-15,17H,5-13H2,1-4H3. The minimum absolute atomic E-state index is 0.414. The van der Waals surface area contributed by atoms with Gasteiger partial charge in [-0.3, -0.25) is 0 Å². The molecule has 1 aliphatic rings. The van der Waals surface area contributed by atoms with Gasteiger partial charge in [-0.15, -0.1) is 0 Å². The van der Waals surface area contributed by atoms with Gasteiger partial charge in [-0.1, -0.05) is 34.1 Å². The molecule has 1 fully saturated rings. The number of hydrogen-bond donors (Lipinski definition) is 1. The van der Waals surface area contributed by atoms with Crippen LogP contribution < -0.4 is 5.32 Å². The van der Waals surface area contributed by atoms with Gasteiger partial charge in [-0.25, -0.2) is 0 Å². The van der Waals surface area contributed by atoms with Crippen molar-refractivity contribution in [3.05, 3.63) is 0 Å². The molecule has 0 amide bonds. The second-order valence-electron chi connectivity index (χ2n) is 6.83. The van der Waals surface area contributed by atoms with Gasteiger partial charge in [0.1, 0.15) is 0 Å².